The van der Waals surface area contributed by atoms with Crippen LogP contribution in [-0.2, 0) is 12.6 Å². The highest BCUT2D eigenvalue weighted by Gasteiger charge is 1.97. The molecule has 0 aliphatic carbocycles. The second-order valence-electron chi connectivity index (χ2n) is 3.19. The molecule has 1 aromatic rings. The van der Waals surface area contributed by atoms with E-state index < -0.39 is 0 Å². The van der Waals surface area contributed by atoms with Crippen molar-refractivity contribution in [3.63, 3.8) is 0 Å². The van der Waals surface area contributed by atoms with Crippen LogP contribution in [0.1, 0.15) is 25.3 Å². The summed E-state index contributed by atoms with van der Waals surface area (Å²) in [5.41, 5.74) is 2.28. The van der Waals surface area contributed by atoms with Gasteiger partial charge in [-0.2, -0.15) is 0 Å². The molecule has 1 aromatic carbocycles. The predicted octanol–water partition coefficient (Wildman–Crippen LogP) is 3.05. The Morgan fingerprint density at radius 1 is 1.31 bits per heavy atom. The highest BCUT2D eigenvalue weighted by Crippen LogP contribution is 2.16. The lowest BCUT2D eigenvalue weighted by molar-refractivity contribution is 0.867. The van der Waals surface area contributed by atoms with E-state index in [-0.39, 0.29) is 0 Å². The molecular weight excluding hydrogens is 198 g/mol. The summed E-state index contributed by atoms with van der Waals surface area (Å²) < 4.78 is 0.386. The molecule has 0 fully saturated rings. The summed E-state index contributed by atoms with van der Waals surface area (Å²) in [5.74, 6) is 0.560. The fraction of sp³-hybridized carbons (Fsp3) is 0.300. The van der Waals surface area contributed by atoms with Crippen molar-refractivity contribution >= 4 is 34.9 Å². The van der Waals surface area contributed by atoms with Crippen LogP contribution in [0, 0.1) is 0 Å². The van der Waals surface area contributed by atoms with E-state index in [4.69, 9.17) is 24.8 Å². The summed E-state index contributed by atoms with van der Waals surface area (Å²) in [5, 5.41) is 2.92. The zero-order chi connectivity index (χ0) is 9.84. The molecule has 0 amide bonds. The first-order valence-corrected chi connectivity index (χ1v) is 4.99. The molecule has 0 saturated carbocycles. The number of nitrogens with one attached hydrogen (secondary N) is 1. The molecule has 1 rings (SSSR count). The zero-order valence-electron chi connectivity index (χ0n) is 7.70. The third kappa shape index (κ3) is 3.28. The van der Waals surface area contributed by atoms with Crippen LogP contribution >= 0.6 is 12.2 Å². The average Bonchev–Trinajstić information content (AvgIpc) is 2.04. The molecule has 0 heterocycles. The Kier molecular flexibility index (Phi) is 3.63. The first-order valence-electron chi connectivity index (χ1n) is 4.17. The lowest BCUT2D eigenvalue weighted by atomic mass is 10.0. The minimum atomic E-state index is 0.386. The van der Waals surface area contributed by atoms with Crippen molar-refractivity contribution in [2.45, 2.75) is 19.8 Å². The number of benzene rings is 1. The zero-order valence-corrected chi connectivity index (χ0v) is 9.34. The van der Waals surface area contributed by atoms with Crippen molar-refractivity contribution in [2.75, 3.05) is 5.32 Å². The molecule has 0 aliphatic heterocycles. The van der Waals surface area contributed by atoms with Gasteiger partial charge in [-0.15, -0.1) is 0 Å². The molecule has 0 radical (unpaired) electrons. The summed E-state index contributed by atoms with van der Waals surface area (Å²) in [6, 6.07) is 8.16. The Bertz CT molecular complexity index is 290. The first kappa shape index (κ1) is 10.4. The topological polar surface area (TPSA) is 12.0 Å². The Morgan fingerprint density at radius 3 is 2.23 bits per heavy atom. The van der Waals surface area contributed by atoms with Gasteiger partial charge in [0, 0.05) is 5.69 Å². The van der Waals surface area contributed by atoms with Gasteiger partial charge in [0.2, 0.25) is 0 Å². The number of hydrogen-bond donors (Lipinski definition) is 1. The molecule has 0 bridgehead atoms. The van der Waals surface area contributed by atoms with E-state index in [9.17, 15) is 0 Å². The molecule has 0 atom stereocenters. The monoisotopic (exact) mass is 210 g/mol. The van der Waals surface area contributed by atoms with Crippen LogP contribution in [0.3, 0.4) is 0 Å². The van der Waals surface area contributed by atoms with Crippen LogP contribution < -0.4 is 5.32 Å². The minimum Gasteiger partial charge on any atom is -0.411 e. The van der Waals surface area contributed by atoms with Gasteiger partial charge in [0.05, 0.1) is 0 Å². The molecule has 0 unspecified atom stereocenters. The SMILES string of the molecule is CC(C)c1ccc(NC(=S)[S-])cc1. The average molecular weight is 210 g/mol. The molecule has 13 heavy (non-hydrogen) atoms. The molecule has 1 N–H and O–H groups in total. The predicted molar refractivity (Wildman–Crippen MR) is 64.1 cm³/mol. The van der Waals surface area contributed by atoms with Crippen LogP contribution in [0.5, 0.6) is 0 Å². The van der Waals surface area contributed by atoms with Gasteiger partial charge in [0.25, 0.3) is 0 Å². The van der Waals surface area contributed by atoms with Crippen LogP contribution in [0.4, 0.5) is 5.69 Å². The van der Waals surface area contributed by atoms with Crippen molar-refractivity contribution in [1.29, 1.82) is 0 Å². The third-order valence-electron chi connectivity index (χ3n) is 1.82. The van der Waals surface area contributed by atoms with Gasteiger partial charge < -0.3 is 30.2 Å². The Morgan fingerprint density at radius 2 is 1.85 bits per heavy atom. The van der Waals surface area contributed by atoms with Gasteiger partial charge in [-0.3, -0.25) is 0 Å². The number of anilines is 1. The smallest absolute Gasteiger partial charge is 0.0371 e. The van der Waals surface area contributed by atoms with Crippen LogP contribution in [0.15, 0.2) is 24.3 Å². The molecule has 3 heteroatoms. The second kappa shape index (κ2) is 4.53. The lowest BCUT2D eigenvalue weighted by Crippen LogP contribution is -2.04. The van der Waals surface area contributed by atoms with E-state index >= 15 is 0 Å². The first-order chi connectivity index (χ1) is 6.09. The highest BCUT2D eigenvalue weighted by atomic mass is 32.1. The number of hydrogen-bond acceptors (Lipinski definition) is 2. The quantitative estimate of drug-likeness (QED) is 0.595. The van der Waals surface area contributed by atoms with Crippen LogP contribution in [0.2, 0.25) is 0 Å². The Hall–Kier alpha value is -0.670. The van der Waals surface area contributed by atoms with E-state index in [2.05, 4.69) is 31.3 Å². The van der Waals surface area contributed by atoms with Crippen LogP contribution in [-0.4, -0.2) is 4.32 Å². The van der Waals surface area contributed by atoms with Crippen molar-refractivity contribution in [3.8, 4) is 0 Å². The fourth-order valence-electron chi connectivity index (χ4n) is 1.07. The van der Waals surface area contributed by atoms with Crippen molar-refractivity contribution in [3.05, 3.63) is 29.8 Å². The van der Waals surface area contributed by atoms with Gasteiger partial charge in [0.15, 0.2) is 0 Å². The summed E-state index contributed by atoms with van der Waals surface area (Å²) >= 11 is 9.53. The maximum atomic E-state index is 4.77. The minimum absolute atomic E-state index is 0.386. The number of thiocarbonyl (C=S) groups is 1. The normalized spacial score (nSPS) is 10.1. The summed E-state index contributed by atoms with van der Waals surface area (Å²) in [6.45, 7) is 4.33. The lowest BCUT2D eigenvalue weighted by Gasteiger charge is -2.11. The van der Waals surface area contributed by atoms with E-state index in [1.807, 2.05) is 12.1 Å². The van der Waals surface area contributed by atoms with E-state index in [1.165, 1.54) is 5.56 Å². The van der Waals surface area contributed by atoms with Gasteiger partial charge in [-0.1, -0.05) is 30.3 Å². The highest BCUT2D eigenvalue weighted by molar-refractivity contribution is 8.00. The standard InChI is InChI=1S/C10H13NS2/c1-7(2)8-3-5-9(6-4-8)11-10(12)13/h3-7H,1-2H3,(H2,11,12,13)/p-1. The Balaban J connectivity index is 2.75. The third-order valence-corrected chi connectivity index (χ3v) is 2.03. The van der Waals surface area contributed by atoms with E-state index in [1.54, 1.807) is 0 Å². The van der Waals surface area contributed by atoms with Gasteiger partial charge in [0.1, 0.15) is 0 Å². The van der Waals surface area contributed by atoms with E-state index in [0.717, 1.165) is 5.69 Å². The fourth-order valence-corrected chi connectivity index (χ4v) is 1.30. The molecule has 70 valence electrons. The molecular formula is C10H12NS2-. The molecule has 1 nitrogen and oxygen atoms in total. The van der Waals surface area contributed by atoms with E-state index in [0.29, 0.717) is 10.2 Å². The molecule has 0 spiro atoms. The largest absolute Gasteiger partial charge is 0.411 e. The van der Waals surface area contributed by atoms with Gasteiger partial charge in [-0.05, 0) is 23.6 Å². The van der Waals surface area contributed by atoms with Gasteiger partial charge in [-0.25, -0.2) is 0 Å². The summed E-state index contributed by atoms with van der Waals surface area (Å²) in [7, 11) is 0. The number of rotatable bonds is 2. The maximum absolute atomic E-state index is 4.77. The van der Waals surface area contributed by atoms with Crippen molar-refractivity contribution < 1.29 is 0 Å². The summed E-state index contributed by atoms with van der Waals surface area (Å²) in [4.78, 5) is 0. The van der Waals surface area contributed by atoms with Gasteiger partial charge >= 0.3 is 0 Å². The molecule has 0 aliphatic rings. The second-order valence-corrected chi connectivity index (χ2v) is 4.26. The molecule has 0 saturated heterocycles. The van der Waals surface area contributed by atoms with Crippen molar-refractivity contribution in [2.24, 2.45) is 0 Å². The van der Waals surface area contributed by atoms with Crippen LogP contribution in [0.25, 0.3) is 0 Å². The van der Waals surface area contributed by atoms with Crippen molar-refractivity contribution in [1.82, 2.24) is 0 Å². The summed E-state index contributed by atoms with van der Waals surface area (Å²) in [6.07, 6.45) is 0. The molecule has 0 aromatic heterocycles. The Labute approximate surface area is 90.0 Å². The maximum Gasteiger partial charge on any atom is 0.0371 e.